The minimum absolute atomic E-state index is 0.0361. The summed E-state index contributed by atoms with van der Waals surface area (Å²) >= 11 is 0. The van der Waals surface area contributed by atoms with Gasteiger partial charge in [-0.2, -0.15) is 0 Å². The van der Waals surface area contributed by atoms with E-state index in [4.69, 9.17) is 4.74 Å². The Morgan fingerprint density at radius 1 is 1.11 bits per heavy atom. The molecule has 0 atom stereocenters. The minimum atomic E-state index is -0.723. The van der Waals surface area contributed by atoms with Gasteiger partial charge in [-0.05, 0) is 37.1 Å². The number of nitrogens with zero attached hydrogens (tertiary/aromatic N) is 3. The first-order valence-electron chi connectivity index (χ1n) is 11.3. The number of aromatic nitrogens is 1. The Kier molecular flexibility index (Phi) is 7.38. The van der Waals surface area contributed by atoms with Crippen molar-refractivity contribution >= 4 is 34.9 Å². The molecule has 10 nitrogen and oxygen atoms in total. The number of hydrogen-bond acceptors (Lipinski definition) is 7. The quantitative estimate of drug-likeness (QED) is 0.282. The molecule has 1 aliphatic rings. The van der Waals surface area contributed by atoms with Crippen LogP contribution in [0, 0.1) is 21.8 Å². The lowest BCUT2D eigenvalue weighted by Gasteiger charge is -2.30. The average Bonchev–Trinajstić information content (AvgIpc) is 2.90. The van der Waals surface area contributed by atoms with Crippen LogP contribution in [0.25, 0.3) is 11.3 Å². The van der Waals surface area contributed by atoms with Gasteiger partial charge in [0.2, 0.25) is 5.82 Å². The summed E-state index contributed by atoms with van der Waals surface area (Å²) in [6.07, 6.45) is 0.943. The molecule has 2 aromatic carbocycles. The number of nitro groups is 1. The zero-order chi connectivity index (χ0) is 25.7. The molecule has 0 saturated carbocycles. The maximum Gasteiger partial charge on any atom is 0.321 e. The second-order valence-corrected chi connectivity index (χ2v) is 8.22. The standard InChI is InChI=1S/C25H24FN5O5/c1-36-24(32)17-11-13-30(14-12-17)25(33)29-21-8-7-18(15-19(21)26)27-23-22(31(34)35)10-9-20(28-23)16-5-3-2-4-6-16/h2-10,15,17H,11-14H2,1H3,(H,27,28)(H,29,33). The molecule has 4 rings (SSSR count). The molecule has 0 spiro atoms. The number of anilines is 3. The topological polar surface area (TPSA) is 127 Å². The largest absolute Gasteiger partial charge is 0.469 e. The van der Waals surface area contributed by atoms with Crippen LogP contribution in [-0.2, 0) is 9.53 Å². The second-order valence-electron chi connectivity index (χ2n) is 8.22. The zero-order valence-electron chi connectivity index (χ0n) is 19.4. The second kappa shape index (κ2) is 10.8. The maximum absolute atomic E-state index is 14.8. The smallest absolute Gasteiger partial charge is 0.321 e. The highest BCUT2D eigenvalue weighted by Gasteiger charge is 2.28. The van der Waals surface area contributed by atoms with Gasteiger partial charge >= 0.3 is 17.7 Å². The van der Waals surface area contributed by atoms with Crippen LogP contribution in [0.15, 0.2) is 60.7 Å². The van der Waals surface area contributed by atoms with Crippen molar-refractivity contribution in [2.45, 2.75) is 12.8 Å². The highest BCUT2D eigenvalue weighted by molar-refractivity contribution is 5.90. The van der Waals surface area contributed by atoms with Crippen LogP contribution in [0.5, 0.6) is 0 Å². The fraction of sp³-hybridized carbons (Fsp3) is 0.240. The third-order valence-corrected chi connectivity index (χ3v) is 5.93. The van der Waals surface area contributed by atoms with E-state index in [2.05, 4.69) is 15.6 Å². The molecule has 36 heavy (non-hydrogen) atoms. The summed E-state index contributed by atoms with van der Waals surface area (Å²) in [4.78, 5) is 41.0. The van der Waals surface area contributed by atoms with Crippen LogP contribution >= 0.6 is 0 Å². The Morgan fingerprint density at radius 3 is 2.47 bits per heavy atom. The maximum atomic E-state index is 14.8. The van der Waals surface area contributed by atoms with Gasteiger partial charge in [-0.1, -0.05) is 30.3 Å². The number of carbonyl (C=O) groups excluding carboxylic acids is 2. The van der Waals surface area contributed by atoms with Crippen molar-refractivity contribution in [1.82, 2.24) is 9.88 Å². The normalized spacial score (nSPS) is 13.7. The van der Waals surface area contributed by atoms with Gasteiger partial charge in [-0.25, -0.2) is 14.2 Å². The van der Waals surface area contributed by atoms with Crippen LogP contribution < -0.4 is 10.6 Å². The van der Waals surface area contributed by atoms with Gasteiger partial charge < -0.3 is 20.3 Å². The Labute approximate surface area is 206 Å². The van der Waals surface area contributed by atoms with Crippen molar-refractivity contribution in [1.29, 1.82) is 0 Å². The van der Waals surface area contributed by atoms with Crippen molar-refractivity contribution in [3.05, 3.63) is 76.6 Å². The van der Waals surface area contributed by atoms with Crippen LogP contribution in [0.3, 0.4) is 0 Å². The van der Waals surface area contributed by atoms with Crippen molar-refractivity contribution in [2.24, 2.45) is 5.92 Å². The number of amides is 2. The lowest BCUT2D eigenvalue weighted by molar-refractivity contribution is -0.384. The van der Waals surface area contributed by atoms with E-state index in [1.807, 2.05) is 30.3 Å². The summed E-state index contributed by atoms with van der Waals surface area (Å²) in [6, 6.07) is 15.5. The third kappa shape index (κ3) is 5.57. The molecule has 3 aromatic rings. The highest BCUT2D eigenvalue weighted by atomic mass is 19.1. The number of piperidine rings is 1. The van der Waals surface area contributed by atoms with Gasteiger partial charge in [0.1, 0.15) is 5.82 Å². The number of hydrogen-bond donors (Lipinski definition) is 2. The Hall–Kier alpha value is -4.54. The summed E-state index contributed by atoms with van der Waals surface area (Å²) in [7, 11) is 1.33. The molecule has 1 saturated heterocycles. The Bertz CT molecular complexity index is 1280. The zero-order valence-corrected chi connectivity index (χ0v) is 19.4. The van der Waals surface area contributed by atoms with E-state index in [-0.39, 0.29) is 34.8 Å². The predicted molar refractivity (Wildman–Crippen MR) is 131 cm³/mol. The number of methoxy groups -OCH3 is 1. The predicted octanol–water partition coefficient (Wildman–Crippen LogP) is 4.96. The van der Waals surface area contributed by atoms with E-state index < -0.39 is 16.8 Å². The van der Waals surface area contributed by atoms with Gasteiger partial charge in [0.15, 0.2) is 0 Å². The number of esters is 1. The van der Waals surface area contributed by atoms with E-state index in [0.717, 1.165) is 11.6 Å². The molecule has 2 heterocycles. The average molecular weight is 493 g/mol. The molecule has 2 amide bonds. The number of nitrogens with one attached hydrogen (secondary N) is 2. The van der Waals surface area contributed by atoms with E-state index >= 15 is 0 Å². The van der Waals surface area contributed by atoms with Gasteiger partial charge in [0.25, 0.3) is 0 Å². The molecule has 186 valence electrons. The molecule has 0 bridgehead atoms. The van der Waals surface area contributed by atoms with Crippen LogP contribution in [0.1, 0.15) is 12.8 Å². The first kappa shape index (κ1) is 24.6. The molecule has 11 heteroatoms. The number of rotatable bonds is 6. The van der Waals surface area contributed by atoms with Gasteiger partial charge in [-0.15, -0.1) is 0 Å². The van der Waals surface area contributed by atoms with E-state index in [0.29, 0.717) is 31.6 Å². The van der Waals surface area contributed by atoms with Crippen molar-refractivity contribution in [3.8, 4) is 11.3 Å². The van der Waals surface area contributed by atoms with Crippen molar-refractivity contribution in [2.75, 3.05) is 30.8 Å². The third-order valence-electron chi connectivity index (χ3n) is 5.93. The summed E-state index contributed by atoms with van der Waals surface area (Å²) in [5.41, 5.74) is 1.22. The van der Waals surface area contributed by atoms with E-state index in [1.54, 1.807) is 6.07 Å². The number of halogens is 1. The molecular formula is C25H24FN5O5. The van der Waals surface area contributed by atoms with Crippen LogP contribution in [0.2, 0.25) is 0 Å². The van der Waals surface area contributed by atoms with Gasteiger partial charge in [0.05, 0.1) is 29.3 Å². The number of ether oxygens (including phenoxy) is 1. The lowest BCUT2D eigenvalue weighted by atomic mass is 9.97. The summed E-state index contributed by atoms with van der Waals surface area (Å²) in [5, 5.41) is 16.8. The molecular weight excluding hydrogens is 469 g/mol. The minimum Gasteiger partial charge on any atom is -0.469 e. The summed E-state index contributed by atoms with van der Waals surface area (Å²) in [5.74, 6) is -1.31. The number of carbonyl (C=O) groups is 2. The molecule has 1 fully saturated rings. The Balaban J connectivity index is 1.46. The van der Waals surface area contributed by atoms with Gasteiger partial charge in [0, 0.05) is 30.4 Å². The highest BCUT2D eigenvalue weighted by Crippen LogP contribution is 2.30. The molecule has 0 aliphatic carbocycles. The van der Waals surface area contributed by atoms with E-state index in [9.17, 15) is 24.1 Å². The Morgan fingerprint density at radius 2 is 1.83 bits per heavy atom. The molecule has 0 unspecified atom stereocenters. The number of urea groups is 1. The SMILES string of the molecule is COC(=O)C1CCN(C(=O)Nc2ccc(Nc3nc(-c4ccccc4)ccc3[N+](=O)[O-])cc2F)CC1. The number of likely N-dealkylation sites (tertiary alicyclic amines) is 1. The lowest BCUT2D eigenvalue weighted by Crippen LogP contribution is -2.42. The number of benzene rings is 2. The van der Waals surface area contributed by atoms with Gasteiger partial charge in [-0.3, -0.25) is 14.9 Å². The first-order valence-corrected chi connectivity index (χ1v) is 11.3. The fourth-order valence-electron chi connectivity index (χ4n) is 3.97. The van der Waals surface area contributed by atoms with Crippen molar-refractivity contribution in [3.63, 3.8) is 0 Å². The monoisotopic (exact) mass is 493 g/mol. The van der Waals surface area contributed by atoms with Crippen molar-refractivity contribution < 1.29 is 23.6 Å². The van der Waals surface area contributed by atoms with Crippen LogP contribution in [0.4, 0.5) is 32.1 Å². The molecule has 1 aliphatic heterocycles. The van der Waals surface area contributed by atoms with E-state index in [1.165, 1.54) is 30.2 Å². The molecule has 2 N–H and O–H groups in total. The number of pyridine rings is 1. The summed E-state index contributed by atoms with van der Waals surface area (Å²) < 4.78 is 19.6. The first-order chi connectivity index (χ1) is 17.4. The van der Waals surface area contributed by atoms with Crippen LogP contribution in [-0.4, -0.2) is 47.0 Å². The fourth-order valence-corrected chi connectivity index (χ4v) is 3.97. The summed E-state index contributed by atoms with van der Waals surface area (Å²) in [6.45, 7) is 0.694. The molecule has 0 radical (unpaired) electrons. The molecule has 1 aromatic heterocycles.